The molecule has 3 atom stereocenters. The molecule has 0 bridgehead atoms. The molecule has 0 spiro atoms. The molecule has 0 fully saturated rings. The zero-order chi connectivity index (χ0) is 11.2. The van der Waals surface area contributed by atoms with Gasteiger partial charge in [-0.25, -0.2) is 8.78 Å². The fraction of sp³-hybridized carbons (Fsp3) is 0.400. The van der Waals surface area contributed by atoms with Gasteiger partial charge in [-0.1, -0.05) is 6.92 Å². The summed E-state index contributed by atoms with van der Waals surface area (Å²) in [6, 6.07) is 1.36. The molecule has 15 heavy (non-hydrogen) atoms. The zero-order valence-corrected chi connectivity index (χ0v) is 8.98. The summed E-state index contributed by atoms with van der Waals surface area (Å²) in [6.07, 6.45) is 0.543. The lowest BCUT2D eigenvalue weighted by Gasteiger charge is -2.11. The van der Waals surface area contributed by atoms with Crippen molar-refractivity contribution >= 4 is 10.8 Å². The summed E-state index contributed by atoms with van der Waals surface area (Å²) in [7, 11) is -1.53. The van der Waals surface area contributed by atoms with Gasteiger partial charge in [0.2, 0.25) is 0 Å². The SMILES string of the molecule is CCC1C(N)c2c(F)ccc(F)c2S1=O. The molecule has 1 aliphatic rings. The standard InChI is InChI=1S/C10H11F2NOS/c1-2-7-9(13)8-5(11)3-4-6(12)10(8)15(7)14/h3-4,7,9H,2,13H2,1H3. The molecule has 1 aromatic rings. The van der Waals surface area contributed by atoms with Crippen molar-refractivity contribution in [1.82, 2.24) is 0 Å². The molecule has 1 aromatic carbocycles. The molecular weight excluding hydrogens is 220 g/mol. The number of fused-ring (bicyclic) bond motifs is 1. The molecule has 0 amide bonds. The Morgan fingerprint density at radius 3 is 2.53 bits per heavy atom. The summed E-state index contributed by atoms with van der Waals surface area (Å²) in [5.74, 6) is -1.20. The minimum atomic E-state index is -1.53. The van der Waals surface area contributed by atoms with Crippen LogP contribution >= 0.6 is 0 Å². The van der Waals surface area contributed by atoms with Crippen LogP contribution in [0.2, 0.25) is 0 Å². The fourth-order valence-electron chi connectivity index (χ4n) is 1.94. The molecule has 82 valence electrons. The Kier molecular flexibility index (Phi) is 2.60. The van der Waals surface area contributed by atoms with Crippen molar-refractivity contribution in [3.8, 4) is 0 Å². The highest BCUT2D eigenvalue weighted by Gasteiger charge is 2.39. The van der Waals surface area contributed by atoms with Gasteiger partial charge in [0, 0.05) is 11.6 Å². The van der Waals surface area contributed by atoms with E-state index in [9.17, 15) is 13.0 Å². The first-order valence-electron chi connectivity index (χ1n) is 4.72. The Balaban J connectivity index is 2.66. The van der Waals surface area contributed by atoms with Gasteiger partial charge in [0.05, 0.1) is 20.9 Å². The third-order valence-electron chi connectivity index (χ3n) is 2.71. The van der Waals surface area contributed by atoms with Crippen LogP contribution in [-0.2, 0) is 10.8 Å². The normalized spacial score (nSPS) is 29.2. The van der Waals surface area contributed by atoms with Crippen LogP contribution in [0.1, 0.15) is 24.9 Å². The van der Waals surface area contributed by atoms with Crippen LogP contribution in [0.3, 0.4) is 0 Å². The van der Waals surface area contributed by atoms with Gasteiger partial charge in [-0.05, 0) is 18.6 Å². The summed E-state index contributed by atoms with van der Waals surface area (Å²) in [5, 5.41) is -0.383. The van der Waals surface area contributed by atoms with E-state index in [1.807, 2.05) is 6.92 Å². The first kappa shape index (κ1) is 10.7. The second kappa shape index (κ2) is 3.64. The third kappa shape index (κ3) is 1.41. The number of rotatable bonds is 1. The average molecular weight is 231 g/mol. The van der Waals surface area contributed by atoms with Gasteiger partial charge in [0.1, 0.15) is 11.6 Å². The van der Waals surface area contributed by atoms with Crippen molar-refractivity contribution in [3.05, 3.63) is 29.3 Å². The number of nitrogens with two attached hydrogens (primary N) is 1. The van der Waals surface area contributed by atoms with Crippen LogP contribution in [0.4, 0.5) is 8.78 Å². The highest BCUT2D eigenvalue weighted by atomic mass is 32.2. The molecular formula is C10H11F2NOS. The fourth-order valence-corrected chi connectivity index (χ4v) is 3.66. The number of halogens is 2. The maximum absolute atomic E-state index is 13.4. The predicted octanol–water partition coefficient (Wildman–Crippen LogP) is 1.86. The maximum atomic E-state index is 13.4. The van der Waals surface area contributed by atoms with Crippen LogP contribution < -0.4 is 5.73 Å². The Bertz CT molecular complexity index is 436. The highest BCUT2D eigenvalue weighted by Crippen LogP contribution is 2.39. The van der Waals surface area contributed by atoms with Crippen LogP contribution in [0, 0.1) is 11.6 Å². The molecule has 0 saturated heterocycles. The van der Waals surface area contributed by atoms with Crippen LogP contribution in [0.15, 0.2) is 17.0 Å². The number of hydrogen-bond acceptors (Lipinski definition) is 2. The molecule has 2 rings (SSSR count). The predicted molar refractivity (Wildman–Crippen MR) is 53.8 cm³/mol. The molecule has 1 aliphatic heterocycles. The number of hydrogen-bond donors (Lipinski definition) is 1. The van der Waals surface area contributed by atoms with Crippen LogP contribution in [0.25, 0.3) is 0 Å². The largest absolute Gasteiger partial charge is 0.323 e. The van der Waals surface area contributed by atoms with Crippen molar-refractivity contribution in [2.45, 2.75) is 29.5 Å². The third-order valence-corrected chi connectivity index (χ3v) is 4.70. The molecule has 1 heterocycles. The van der Waals surface area contributed by atoms with Gasteiger partial charge in [-0.2, -0.15) is 0 Å². The van der Waals surface area contributed by atoms with Gasteiger partial charge in [0.25, 0.3) is 0 Å². The smallest absolute Gasteiger partial charge is 0.139 e. The van der Waals surface area contributed by atoms with E-state index >= 15 is 0 Å². The van der Waals surface area contributed by atoms with E-state index < -0.39 is 28.5 Å². The van der Waals surface area contributed by atoms with E-state index in [0.29, 0.717) is 6.42 Å². The zero-order valence-electron chi connectivity index (χ0n) is 8.17. The van der Waals surface area contributed by atoms with Crippen molar-refractivity contribution in [2.24, 2.45) is 5.73 Å². The van der Waals surface area contributed by atoms with Crippen molar-refractivity contribution < 1.29 is 13.0 Å². The van der Waals surface area contributed by atoms with E-state index in [2.05, 4.69) is 0 Å². The lowest BCUT2D eigenvalue weighted by Crippen LogP contribution is -2.23. The van der Waals surface area contributed by atoms with E-state index in [4.69, 9.17) is 5.73 Å². The molecule has 2 N–H and O–H groups in total. The Labute approximate surface area is 88.9 Å². The van der Waals surface area contributed by atoms with Crippen molar-refractivity contribution in [3.63, 3.8) is 0 Å². The molecule has 3 unspecified atom stereocenters. The van der Waals surface area contributed by atoms with Crippen molar-refractivity contribution in [2.75, 3.05) is 0 Å². The van der Waals surface area contributed by atoms with Crippen LogP contribution in [-0.4, -0.2) is 9.46 Å². The monoisotopic (exact) mass is 231 g/mol. The Morgan fingerprint density at radius 1 is 1.40 bits per heavy atom. The maximum Gasteiger partial charge on any atom is 0.139 e. The molecule has 5 heteroatoms. The van der Waals surface area contributed by atoms with Crippen LogP contribution in [0.5, 0.6) is 0 Å². The van der Waals surface area contributed by atoms with E-state index in [1.165, 1.54) is 0 Å². The first-order valence-corrected chi connectivity index (χ1v) is 5.93. The van der Waals surface area contributed by atoms with Gasteiger partial charge in [0.15, 0.2) is 0 Å². The van der Waals surface area contributed by atoms with E-state index in [-0.39, 0.29) is 15.7 Å². The lowest BCUT2D eigenvalue weighted by atomic mass is 10.0. The lowest BCUT2D eigenvalue weighted by molar-refractivity contribution is 0.542. The second-order valence-electron chi connectivity index (χ2n) is 3.54. The summed E-state index contributed by atoms with van der Waals surface area (Å²) >= 11 is 0. The molecule has 0 radical (unpaired) electrons. The quantitative estimate of drug-likeness (QED) is 0.801. The minimum absolute atomic E-state index is 0.0469. The van der Waals surface area contributed by atoms with Gasteiger partial charge < -0.3 is 5.73 Å². The summed E-state index contributed by atoms with van der Waals surface area (Å²) in [5.41, 5.74) is 5.85. The topological polar surface area (TPSA) is 43.1 Å². The van der Waals surface area contributed by atoms with Gasteiger partial charge in [-0.15, -0.1) is 0 Å². The van der Waals surface area contributed by atoms with Crippen molar-refractivity contribution in [1.29, 1.82) is 0 Å². The average Bonchev–Trinajstić information content (AvgIpc) is 2.46. The first-order chi connectivity index (χ1) is 7.07. The van der Waals surface area contributed by atoms with Gasteiger partial charge >= 0.3 is 0 Å². The Morgan fingerprint density at radius 2 is 2.00 bits per heavy atom. The van der Waals surface area contributed by atoms with E-state index in [0.717, 1.165) is 12.1 Å². The van der Waals surface area contributed by atoms with E-state index in [1.54, 1.807) is 0 Å². The summed E-state index contributed by atoms with van der Waals surface area (Å²) < 4.78 is 38.6. The minimum Gasteiger partial charge on any atom is -0.323 e. The highest BCUT2D eigenvalue weighted by molar-refractivity contribution is 7.86. The molecule has 2 nitrogen and oxygen atoms in total. The molecule has 0 aromatic heterocycles. The molecule has 0 aliphatic carbocycles. The summed E-state index contributed by atoms with van der Waals surface area (Å²) in [4.78, 5) is -0.0469. The molecule has 0 saturated carbocycles. The number of benzene rings is 1. The second-order valence-corrected chi connectivity index (χ2v) is 5.15. The van der Waals surface area contributed by atoms with Gasteiger partial charge in [-0.3, -0.25) is 4.21 Å². The summed E-state index contributed by atoms with van der Waals surface area (Å²) in [6.45, 7) is 1.81. The Hall–Kier alpha value is -0.810.